The Morgan fingerprint density at radius 2 is 1.79 bits per heavy atom. The second-order valence-electron chi connectivity index (χ2n) is 5.20. The quantitative estimate of drug-likeness (QED) is 0.835. The topological polar surface area (TPSA) is 32.5 Å². The summed E-state index contributed by atoms with van der Waals surface area (Å²) in [6.45, 7) is 1.03. The number of nitrogens with zero attached hydrogens (tertiary/aromatic N) is 2. The number of hydrogen-bond acceptors (Lipinski definition) is 3. The van der Waals surface area contributed by atoms with Crippen molar-refractivity contribution in [3.05, 3.63) is 48.0 Å². The molecule has 0 atom stereocenters. The van der Waals surface area contributed by atoms with E-state index in [9.17, 15) is 0 Å². The standard InChI is InChI=1S/C16H19N3/c1-18(2)14-4-6-15(7-5-14)19-10-9-12-11-13(17)3-8-16(12)19/h3-8,11H,9-10,17H2,1-2H3. The van der Waals surface area contributed by atoms with Crippen LogP contribution < -0.4 is 15.5 Å². The molecule has 0 spiro atoms. The van der Waals surface area contributed by atoms with Crippen LogP contribution in [0.15, 0.2) is 42.5 Å². The minimum atomic E-state index is 0.851. The second-order valence-corrected chi connectivity index (χ2v) is 5.20. The average molecular weight is 253 g/mol. The molecule has 2 aromatic rings. The van der Waals surface area contributed by atoms with Crippen LogP contribution in [-0.2, 0) is 6.42 Å². The number of hydrogen-bond donors (Lipinski definition) is 1. The van der Waals surface area contributed by atoms with Crippen molar-refractivity contribution >= 4 is 22.7 Å². The molecule has 1 heterocycles. The van der Waals surface area contributed by atoms with E-state index in [4.69, 9.17) is 5.73 Å². The highest BCUT2D eigenvalue weighted by molar-refractivity contribution is 5.72. The number of rotatable bonds is 2. The van der Waals surface area contributed by atoms with Crippen LogP contribution in [0.5, 0.6) is 0 Å². The molecule has 3 rings (SSSR count). The van der Waals surface area contributed by atoms with E-state index < -0.39 is 0 Å². The lowest BCUT2D eigenvalue weighted by Crippen LogP contribution is -2.14. The molecule has 0 bridgehead atoms. The van der Waals surface area contributed by atoms with Gasteiger partial charge in [-0.05, 0) is 54.4 Å². The van der Waals surface area contributed by atoms with Crippen LogP contribution in [0.4, 0.5) is 22.7 Å². The van der Waals surface area contributed by atoms with Crippen molar-refractivity contribution in [1.29, 1.82) is 0 Å². The molecule has 0 saturated heterocycles. The summed E-state index contributed by atoms with van der Waals surface area (Å²) in [6.07, 6.45) is 1.07. The summed E-state index contributed by atoms with van der Waals surface area (Å²) in [6, 6.07) is 14.9. The van der Waals surface area contributed by atoms with Gasteiger partial charge in [0.1, 0.15) is 0 Å². The van der Waals surface area contributed by atoms with Gasteiger partial charge in [-0.25, -0.2) is 0 Å². The van der Waals surface area contributed by atoms with E-state index in [2.05, 4.69) is 60.3 Å². The zero-order valence-electron chi connectivity index (χ0n) is 11.4. The third kappa shape index (κ3) is 2.12. The van der Waals surface area contributed by atoms with Crippen molar-refractivity contribution in [1.82, 2.24) is 0 Å². The third-order valence-electron chi connectivity index (χ3n) is 3.68. The highest BCUT2D eigenvalue weighted by Crippen LogP contribution is 2.35. The molecule has 0 saturated carbocycles. The zero-order valence-corrected chi connectivity index (χ0v) is 11.4. The summed E-state index contributed by atoms with van der Waals surface area (Å²) in [4.78, 5) is 4.47. The van der Waals surface area contributed by atoms with Gasteiger partial charge in [-0.3, -0.25) is 0 Å². The lowest BCUT2D eigenvalue weighted by Gasteiger charge is -2.21. The number of fused-ring (bicyclic) bond motifs is 1. The monoisotopic (exact) mass is 253 g/mol. The summed E-state index contributed by atoms with van der Waals surface area (Å²) in [5, 5.41) is 0. The molecule has 0 amide bonds. The summed E-state index contributed by atoms with van der Waals surface area (Å²) < 4.78 is 0. The minimum absolute atomic E-state index is 0.851. The van der Waals surface area contributed by atoms with Gasteiger partial charge >= 0.3 is 0 Å². The van der Waals surface area contributed by atoms with Gasteiger partial charge in [-0.15, -0.1) is 0 Å². The lowest BCUT2D eigenvalue weighted by molar-refractivity contribution is 0.997. The largest absolute Gasteiger partial charge is 0.399 e. The molecular weight excluding hydrogens is 234 g/mol. The molecule has 1 aliphatic heterocycles. The minimum Gasteiger partial charge on any atom is -0.399 e. The first-order valence-corrected chi connectivity index (χ1v) is 6.58. The summed E-state index contributed by atoms with van der Waals surface area (Å²) in [7, 11) is 4.12. The van der Waals surface area contributed by atoms with Gasteiger partial charge in [0.25, 0.3) is 0 Å². The van der Waals surface area contributed by atoms with E-state index in [0.29, 0.717) is 0 Å². The van der Waals surface area contributed by atoms with Crippen molar-refractivity contribution in [3.63, 3.8) is 0 Å². The summed E-state index contributed by atoms with van der Waals surface area (Å²) in [5.41, 5.74) is 11.8. The average Bonchev–Trinajstić information content (AvgIpc) is 2.81. The van der Waals surface area contributed by atoms with Crippen molar-refractivity contribution in [3.8, 4) is 0 Å². The molecule has 98 valence electrons. The maximum Gasteiger partial charge on any atom is 0.0445 e. The van der Waals surface area contributed by atoms with Crippen LogP contribution in [0.1, 0.15) is 5.56 Å². The highest BCUT2D eigenvalue weighted by Gasteiger charge is 2.20. The van der Waals surface area contributed by atoms with Crippen LogP contribution in [0.3, 0.4) is 0 Å². The summed E-state index contributed by atoms with van der Waals surface area (Å²) in [5.74, 6) is 0. The van der Waals surface area contributed by atoms with Crippen LogP contribution in [-0.4, -0.2) is 20.6 Å². The van der Waals surface area contributed by atoms with E-state index in [1.54, 1.807) is 0 Å². The third-order valence-corrected chi connectivity index (χ3v) is 3.68. The fourth-order valence-corrected chi connectivity index (χ4v) is 2.62. The van der Waals surface area contributed by atoms with E-state index >= 15 is 0 Å². The van der Waals surface area contributed by atoms with Crippen LogP contribution in [0.2, 0.25) is 0 Å². The first kappa shape index (κ1) is 11.9. The molecule has 0 radical (unpaired) electrons. The fraction of sp³-hybridized carbons (Fsp3) is 0.250. The van der Waals surface area contributed by atoms with Gasteiger partial charge in [0.2, 0.25) is 0 Å². The molecule has 19 heavy (non-hydrogen) atoms. The molecule has 0 aromatic heterocycles. The second kappa shape index (κ2) is 4.50. The molecular formula is C16H19N3. The van der Waals surface area contributed by atoms with Crippen molar-refractivity contribution in [2.24, 2.45) is 0 Å². The van der Waals surface area contributed by atoms with Crippen LogP contribution >= 0.6 is 0 Å². The van der Waals surface area contributed by atoms with Gasteiger partial charge in [-0.1, -0.05) is 0 Å². The van der Waals surface area contributed by atoms with E-state index in [0.717, 1.165) is 18.7 Å². The van der Waals surface area contributed by atoms with E-state index in [1.807, 2.05) is 6.07 Å². The first-order valence-electron chi connectivity index (χ1n) is 6.58. The van der Waals surface area contributed by atoms with Gasteiger partial charge in [0.05, 0.1) is 0 Å². The van der Waals surface area contributed by atoms with E-state index in [1.165, 1.54) is 22.6 Å². The Bertz CT molecular complexity index is 587. The van der Waals surface area contributed by atoms with Gasteiger partial charge in [0, 0.05) is 43.4 Å². The molecule has 2 aromatic carbocycles. The SMILES string of the molecule is CN(C)c1ccc(N2CCc3cc(N)ccc32)cc1. The molecule has 0 aliphatic carbocycles. The molecule has 3 nitrogen and oxygen atoms in total. The molecule has 0 unspecified atom stereocenters. The molecule has 1 aliphatic rings. The maximum absolute atomic E-state index is 5.84. The number of anilines is 4. The summed E-state index contributed by atoms with van der Waals surface area (Å²) >= 11 is 0. The smallest absolute Gasteiger partial charge is 0.0445 e. The molecule has 0 fully saturated rings. The molecule has 3 heteroatoms. The number of benzene rings is 2. The number of nitrogens with two attached hydrogens (primary N) is 1. The van der Waals surface area contributed by atoms with Crippen molar-refractivity contribution in [2.45, 2.75) is 6.42 Å². The van der Waals surface area contributed by atoms with Gasteiger partial charge < -0.3 is 15.5 Å². The molecule has 2 N–H and O–H groups in total. The normalized spacial score (nSPS) is 13.5. The Balaban J connectivity index is 1.93. The van der Waals surface area contributed by atoms with Crippen molar-refractivity contribution in [2.75, 3.05) is 36.2 Å². The van der Waals surface area contributed by atoms with Crippen LogP contribution in [0.25, 0.3) is 0 Å². The Labute approximate surface area is 114 Å². The predicted molar refractivity (Wildman–Crippen MR) is 82.3 cm³/mol. The fourth-order valence-electron chi connectivity index (χ4n) is 2.62. The van der Waals surface area contributed by atoms with E-state index in [-0.39, 0.29) is 0 Å². The van der Waals surface area contributed by atoms with Gasteiger partial charge in [0.15, 0.2) is 0 Å². The van der Waals surface area contributed by atoms with Crippen molar-refractivity contribution < 1.29 is 0 Å². The lowest BCUT2D eigenvalue weighted by atomic mass is 10.1. The Kier molecular flexibility index (Phi) is 2.82. The van der Waals surface area contributed by atoms with Crippen LogP contribution in [0, 0.1) is 0 Å². The zero-order chi connectivity index (χ0) is 13.4. The Morgan fingerprint density at radius 3 is 2.47 bits per heavy atom. The number of nitrogen functional groups attached to an aromatic ring is 1. The predicted octanol–water partition coefficient (Wildman–Crippen LogP) is 3.03. The highest BCUT2D eigenvalue weighted by atomic mass is 15.2. The Morgan fingerprint density at radius 1 is 1.05 bits per heavy atom. The first-order chi connectivity index (χ1) is 9.15. The Hall–Kier alpha value is -2.16. The maximum atomic E-state index is 5.84. The van der Waals surface area contributed by atoms with Gasteiger partial charge in [-0.2, -0.15) is 0 Å².